The zero-order valence-electron chi connectivity index (χ0n) is 16.6. The minimum Gasteiger partial charge on any atom is -0.370 e. The van der Waals surface area contributed by atoms with Crippen molar-refractivity contribution >= 4 is 17.6 Å². The summed E-state index contributed by atoms with van der Waals surface area (Å²) in [5.41, 5.74) is 7.33. The van der Waals surface area contributed by atoms with Crippen LogP contribution in [0, 0.1) is 11.7 Å². The van der Waals surface area contributed by atoms with Gasteiger partial charge in [-0.05, 0) is 49.1 Å². The third-order valence-corrected chi connectivity index (χ3v) is 5.66. The first-order valence-corrected chi connectivity index (χ1v) is 10.3. The second kappa shape index (κ2) is 9.07. The summed E-state index contributed by atoms with van der Waals surface area (Å²) >= 11 is 0. The highest BCUT2D eigenvalue weighted by Crippen LogP contribution is 2.20. The van der Waals surface area contributed by atoms with Gasteiger partial charge in [0.2, 0.25) is 5.95 Å². The molecule has 3 heterocycles. The molecule has 4 rings (SSSR count). The second-order valence-electron chi connectivity index (χ2n) is 7.65. The van der Waals surface area contributed by atoms with E-state index in [0.717, 1.165) is 70.3 Å². The summed E-state index contributed by atoms with van der Waals surface area (Å²) in [6, 6.07) is 8.50. The molecule has 2 N–H and O–H groups in total. The average Bonchev–Trinajstić information content (AvgIpc) is 2.79. The Morgan fingerprint density at radius 3 is 2.48 bits per heavy atom. The molecule has 1 aromatic heterocycles. The van der Waals surface area contributed by atoms with Crippen LogP contribution in [0.3, 0.4) is 0 Å². The van der Waals surface area contributed by atoms with Crippen LogP contribution in [0.2, 0.25) is 0 Å². The molecule has 0 spiro atoms. The SMILES string of the molecule is NC(=NCC1CCCN(c2ncccn2)C1)N1CCN(c2ccc(F)cc2)CC1. The lowest BCUT2D eigenvalue weighted by atomic mass is 9.98. The lowest BCUT2D eigenvalue weighted by molar-refractivity contribution is 0.375. The van der Waals surface area contributed by atoms with Gasteiger partial charge in [0.25, 0.3) is 0 Å². The summed E-state index contributed by atoms with van der Waals surface area (Å²) in [7, 11) is 0. The fourth-order valence-corrected chi connectivity index (χ4v) is 4.02. The van der Waals surface area contributed by atoms with Gasteiger partial charge in [-0.1, -0.05) is 0 Å². The molecule has 154 valence electrons. The summed E-state index contributed by atoms with van der Waals surface area (Å²) in [5.74, 6) is 1.68. The Morgan fingerprint density at radius 1 is 1.03 bits per heavy atom. The Bertz CT molecular complexity index is 804. The predicted octanol–water partition coefficient (Wildman–Crippen LogP) is 1.97. The second-order valence-corrected chi connectivity index (χ2v) is 7.65. The summed E-state index contributed by atoms with van der Waals surface area (Å²) in [4.78, 5) is 20.0. The van der Waals surface area contributed by atoms with E-state index in [0.29, 0.717) is 11.9 Å². The molecule has 2 fully saturated rings. The molecule has 0 amide bonds. The lowest BCUT2D eigenvalue weighted by Crippen LogP contribution is -2.51. The maximum Gasteiger partial charge on any atom is 0.225 e. The number of rotatable bonds is 4. The normalized spacial score (nSPS) is 20.8. The Morgan fingerprint density at radius 2 is 1.76 bits per heavy atom. The largest absolute Gasteiger partial charge is 0.370 e. The molecular weight excluding hydrogens is 369 g/mol. The van der Waals surface area contributed by atoms with E-state index in [1.807, 2.05) is 18.2 Å². The molecule has 0 bridgehead atoms. The van der Waals surface area contributed by atoms with E-state index in [9.17, 15) is 4.39 Å². The van der Waals surface area contributed by atoms with Gasteiger partial charge in [-0.3, -0.25) is 4.99 Å². The molecule has 29 heavy (non-hydrogen) atoms. The summed E-state index contributed by atoms with van der Waals surface area (Å²) in [6.07, 6.45) is 5.84. The molecule has 0 aliphatic carbocycles. The first kappa shape index (κ1) is 19.4. The van der Waals surface area contributed by atoms with Gasteiger partial charge in [0.1, 0.15) is 5.82 Å². The van der Waals surface area contributed by atoms with Crippen molar-refractivity contribution in [3.05, 3.63) is 48.5 Å². The maximum absolute atomic E-state index is 13.1. The number of nitrogens with two attached hydrogens (primary N) is 1. The third-order valence-electron chi connectivity index (χ3n) is 5.66. The van der Waals surface area contributed by atoms with E-state index in [-0.39, 0.29) is 5.82 Å². The van der Waals surface area contributed by atoms with Crippen molar-refractivity contribution in [1.82, 2.24) is 14.9 Å². The van der Waals surface area contributed by atoms with Gasteiger partial charge in [0.05, 0.1) is 0 Å². The molecule has 7 nitrogen and oxygen atoms in total. The Kier molecular flexibility index (Phi) is 6.07. The number of nitrogens with zero attached hydrogens (tertiary/aromatic N) is 6. The molecule has 1 atom stereocenters. The summed E-state index contributed by atoms with van der Waals surface area (Å²) in [6.45, 7) is 5.98. The molecular formula is C21H28FN7. The predicted molar refractivity (Wildman–Crippen MR) is 114 cm³/mol. The lowest BCUT2D eigenvalue weighted by Gasteiger charge is -2.37. The van der Waals surface area contributed by atoms with Gasteiger partial charge in [-0.25, -0.2) is 14.4 Å². The first-order chi connectivity index (χ1) is 14.2. The van der Waals surface area contributed by atoms with Crippen molar-refractivity contribution in [3.8, 4) is 0 Å². The van der Waals surface area contributed by atoms with E-state index in [4.69, 9.17) is 10.7 Å². The smallest absolute Gasteiger partial charge is 0.225 e. The van der Waals surface area contributed by atoms with Gasteiger partial charge in [-0.2, -0.15) is 0 Å². The number of aliphatic imine (C=N–C) groups is 1. The Hall–Kier alpha value is -2.90. The molecule has 1 aromatic carbocycles. The number of piperazine rings is 1. The topological polar surface area (TPSA) is 73.9 Å². The van der Waals surface area contributed by atoms with Gasteiger partial charge in [0.15, 0.2) is 5.96 Å². The van der Waals surface area contributed by atoms with Crippen molar-refractivity contribution in [3.63, 3.8) is 0 Å². The number of guanidine groups is 1. The first-order valence-electron chi connectivity index (χ1n) is 10.3. The number of hydrogen-bond acceptors (Lipinski definition) is 5. The van der Waals surface area contributed by atoms with Crippen LogP contribution in [0.1, 0.15) is 12.8 Å². The van der Waals surface area contributed by atoms with Crippen LogP contribution in [0.15, 0.2) is 47.7 Å². The highest BCUT2D eigenvalue weighted by molar-refractivity contribution is 5.78. The van der Waals surface area contributed by atoms with Crippen molar-refractivity contribution < 1.29 is 4.39 Å². The van der Waals surface area contributed by atoms with E-state index in [1.54, 1.807) is 12.4 Å². The van der Waals surface area contributed by atoms with Crippen LogP contribution in [-0.2, 0) is 0 Å². The van der Waals surface area contributed by atoms with Crippen LogP contribution < -0.4 is 15.5 Å². The molecule has 0 saturated carbocycles. The standard InChI is InChI=1S/C21H28FN7/c22-18-4-6-19(7-5-18)27-11-13-28(14-12-27)20(23)26-15-17-3-1-10-29(16-17)21-24-8-2-9-25-21/h2,4-9,17H,1,3,10-16H2,(H2,23,26). The Labute approximate surface area is 171 Å². The highest BCUT2D eigenvalue weighted by Gasteiger charge is 2.23. The van der Waals surface area contributed by atoms with Crippen LogP contribution in [-0.4, -0.2) is 66.6 Å². The van der Waals surface area contributed by atoms with Crippen LogP contribution >= 0.6 is 0 Å². The number of anilines is 2. The minimum atomic E-state index is -0.205. The fourth-order valence-electron chi connectivity index (χ4n) is 4.02. The minimum absolute atomic E-state index is 0.205. The van der Waals surface area contributed by atoms with Gasteiger partial charge < -0.3 is 20.4 Å². The van der Waals surface area contributed by atoms with E-state index in [1.165, 1.54) is 12.1 Å². The van der Waals surface area contributed by atoms with Crippen molar-refractivity contribution in [1.29, 1.82) is 0 Å². The number of piperidine rings is 1. The van der Waals surface area contributed by atoms with Crippen molar-refractivity contribution in [2.75, 3.05) is 55.6 Å². The van der Waals surface area contributed by atoms with Crippen molar-refractivity contribution in [2.24, 2.45) is 16.6 Å². The molecule has 8 heteroatoms. The van der Waals surface area contributed by atoms with Crippen LogP contribution in [0.4, 0.5) is 16.0 Å². The third kappa shape index (κ3) is 4.93. The number of halogens is 1. The van der Waals surface area contributed by atoms with Crippen molar-refractivity contribution in [2.45, 2.75) is 12.8 Å². The fraction of sp³-hybridized carbons (Fsp3) is 0.476. The quantitative estimate of drug-likeness (QED) is 0.628. The van der Waals surface area contributed by atoms with E-state index >= 15 is 0 Å². The van der Waals surface area contributed by atoms with Crippen LogP contribution in [0.5, 0.6) is 0 Å². The molecule has 2 aliphatic rings. The van der Waals surface area contributed by atoms with Gasteiger partial charge >= 0.3 is 0 Å². The van der Waals surface area contributed by atoms with Gasteiger partial charge in [-0.15, -0.1) is 0 Å². The maximum atomic E-state index is 13.1. The van der Waals surface area contributed by atoms with E-state index < -0.39 is 0 Å². The molecule has 0 radical (unpaired) electrons. The molecule has 2 saturated heterocycles. The zero-order valence-corrected chi connectivity index (χ0v) is 16.6. The number of benzene rings is 1. The van der Waals surface area contributed by atoms with E-state index in [2.05, 4.69) is 24.7 Å². The Balaban J connectivity index is 1.27. The summed E-state index contributed by atoms with van der Waals surface area (Å²) < 4.78 is 13.1. The zero-order chi connectivity index (χ0) is 20.1. The number of aromatic nitrogens is 2. The van der Waals surface area contributed by atoms with Gasteiger partial charge in [0, 0.05) is 63.9 Å². The average molecular weight is 398 g/mol. The molecule has 2 aromatic rings. The monoisotopic (exact) mass is 397 g/mol. The molecule has 1 unspecified atom stereocenters. The highest BCUT2D eigenvalue weighted by atomic mass is 19.1. The van der Waals surface area contributed by atoms with Crippen LogP contribution in [0.25, 0.3) is 0 Å². The summed E-state index contributed by atoms with van der Waals surface area (Å²) in [5, 5.41) is 0. The number of hydrogen-bond donors (Lipinski definition) is 1. The molecule has 2 aliphatic heterocycles.